The summed E-state index contributed by atoms with van der Waals surface area (Å²) in [6, 6.07) is 6.88. The van der Waals surface area contributed by atoms with Crippen molar-refractivity contribution < 1.29 is 13.5 Å². The minimum absolute atomic E-state index is 0.0297. The molecule has 1 aromatic carbocycles. The number of rotatable bonds is 6. The van der Waals surface area contributed by atoms with Crippen molar-refractivity contribution in [2.24, 2.45) is 0 Å². The monoisotopic (exact) mass is 284 g/mol. The zero-order chi connectivity index (χ0) is 13.9. The minimum atomic E-state index is -3.56. The van der Waals surface area contributed by atoms with Gasteiger partial charge in [-0.25, -0.2) is 8.42 Å². The van der Waals surface area contributed by atoms with E-state index in [2.05, 4.69) is 5.32 Å². The van der Waals surface area contributed by atoms with E-state index in [-0.39, 0.29) is 24.1 Å². The maximum absolute atomic E-state index is 12.7. The summed E-state index contributed by atoms with van der Waals surface area (Å²) in [7, 11) is -1.85. The van der Waals surface area contributed by atoms with Crippen LogP contribution in [0.25, 0.3) is 0 Å². The highest BCUT2D eigenvalue weighted by molar-refractivity contribution is 7.89. The summed E-state index contributed by atoms with van der Waals surface area (Å²) in [6.45, 7) is 0.00248. The van der Waals surface area contributed by atoms with Crippen LogP contribution in [0.1, 0.15) is 19.3 Å². The van der Waals surface area contributed by atoms with Gasteiger partial charge in [0.25, 0.3) is 0 Å². The van der Waals surface area contributed by atoms with E-state index >= 15 is 0 Å². The SMILES string of the molecule is CNc1ccccc1S(=O)(=O)N(CCO)C1CCC1. The number of benzene rings is 1. The number of aliphatic hydroxyl groups excluding tert-OH is 1. The van der Waals surface area contributed by atoms with Gasteiger partial charge >= 0.3 is 0 Å². The first-order valence-electron chi connectivity index (χ1n) is 6.50. The van der Waals surface area contributed by atoms with Crippen LogP contribution in [0.15, 0.2) is 29.2 Å². The fourth-order valence-electron chi connectivity index (χ4n) is 2.30. The van der Waals surface area contributed by atoms with Gasteiger partial charge in [-0.3, -0.25) is 0 Å². The van der Waals surface area contributed by atoms with E-state index in [4.69, 9.17) is 5.11 Å². The number of sulfonamides is 1. The van der Waals surface area contributed by atoms with Crippen molar-refractivity contribution in [2.75, 3.05) is 25.5 Å². The molecular formula is C13H20N2O3S. The molecule has 1 aliphatic carbocycles. The predicted octanol–water partition coefficient (Wildman–Crippen LogP) is 1.26. The van der Waals surface area contributed by atoms with Gasteiger partial charge in [-0.2, -0.15) is 4.31 Å². The molecule has 1 fully saturated rings. The van der Waals surface area contributed by atoms with Crippen LogP contribution in [0.4, 0.5) is 5.69 Å². The molecule has 1 saturated carbocycles. The standard InChI is InChI=1S/C13H20N2O3S/c1-14-12-7-2-3-8-13(12)19(17,18)15(9-10-16)11-5-4-6-11/h2-3,7-8,11,14,16H,4-6,9-10H2,1H3. The summed E-state index contributed by atoms with van der Waals surface area (Å²) in [5, 5.41) is 12.0. The molecule has 106 valence electrons. The van der Waals surface area contributed by atoms with Crippen molar-refractivity contribution in [1.29, 1.82) is 0 Å². The average Bonchev–Trinajstić information content (AvgIpc) is 2.36. The van der Waals surface area contributed by atoms with Crippen molar-refractivity contribution >= 4 is 15.7 Å². The molecule has 6 heteroatoms. The maximum Gasteiger partial charge on any atom is 0.245 e. The van der Waals surface area contributed by atoms with E-state index in [0.29, 0.717) is 5.69 Å². The zero-order valence-corrected chi connectivity index (χ0v) is 11.9. The Kier molecular flexibility index (Phi) is 4.44. The van der Waals surface area contributed by atoms with E-state index in [1.54, 1.807) is 31.3 Å². The smallest absolute Gasteiger partial charge is 0.245 e. The highest BCUT2D eigenvalue weighted by Gasteiger charge is 2.35. The number of hydrogen-bond acceptors (Lipinski definition) is 4. The van der Waals surface area contributed by atoms with Crippen molar-refractivity contribution in [3.05, 3.63) is 24.3 Å². The lowest BCUT2D eigenvalue weighted by molar-refractivity contribution is 0.178. The predicted molar refractivity (Wildman–Crippen MR) is 74.6 cm³/mol. The molecule has 1 aliphatic rings. The largest absolute Gasteiger partial charge is 0.395 e. The summed E-state index contributed by atoms with van der Waals surface area (Å²) in [6.07, 6.45) is 2.80. The van der Waals surface area contributed by atoms with Crippen molar-refractivity contribution in [3.8, 4) is 0 Å². The third kappa shape index (κ3) is 2.75. The van der Waals surface area contributed by atoms with Crippen LogP contribution in [0.5, 0.6) is 0 Å². The van der Waals surface area contributed by atoms with Gasteiger partial charge in [0.1, 0.15) is 4.90 Å². The zero-order valence-electron chi connectivity index (χ0n) is 11.0. The highest BCUT2D eigenvalue weighted by atomic mass is 32.2. The molecule has 0 atom stereocenters. The highest BCUT2D eigenvalue weighted by Crippen LogP contribution is 2.32. The second kappa shape index (κ2) is 5.90. The molecule has 0 heterocycles. The minimum Gasteiger partial charge on any atom is -0.395 e. The van der Waals surface area contributed by atoms with Gasteiger partial charge in [0, 0.05) is 19.6 Å². The third-order valence-corrected chi connectivity index (χ3v) is 5.56. The second-order valence-corrected chi connectivity index (χ2v) is 6.53. The lowest BCUT2D eigenvalue weighted by atomic mass is 9.93. The van der Waals surface area contributed by atoms with E-state index in [0.717, 1.165) is 19.3 Å². The molecular weight excluding hydrogens is 264 g/mol. The molecule has 0 aliphatic heterocycles. The van der Waals surface area contributed by atoms with Gasteiger partial charge in [0.2, 0.25) is 10.0 Å². The number of anilines is 1. The molecule has 1 aromatic rings. The molecule has 0 saturated heterocycles. The van der Waals surface area contributed by atoms with Crippen LogP contribution in [0.2, 0.25) is 0 Å². The van der Waals surface area contributed by atoms with E-state index < -0.39 is 10.0 Å². The molecule has 2 rings (SSSR count). The van der Waals surface area contributed by atoms with Crippen molar-refractivity contribution in [2.45, 2.75) is 30.2 Å². The molecule has 0 amide bonds. The van der Waals surface area contributed by atoms with Gasteiger partial charge in [-0.1, -0.05) is 18.6 Å². The van der Waals surface area contributed by atoms with Gasteiger partial charge < -0.3 is 10.4 Å². The van der Waals surface area contributed by atoms with Crippen LogP contribution in [-0.2, 0) is 10.0 Å². The van der Waals surface area contributed by atoms with Crippen LogP contribution in [-0.4, -0.2) is 44.1 Å². The van der Waals surface area contributed by atoms with Crippen molar-refractivity contribution in [1.82, 2.24) is 4.31 Å². The Labute approximate surface area is 114 Å². The second-order valence-electron chi connectivity index (χ2n) is 4.67. The van der Waals surface area contributed by atoms with E-state index in [1.807, 2.05) is 0 Å². The Morgan fingerprint density at radius 3 is 2.58 bits per heavy atom. The van der Waals surface area contributed by atoms with Crippen LogP contribution < -0.4 is 5.32 Å². The lowest BCUT2D eigenvalue weighted by Crippen LogP contribution is -2.45. The van der Waals surface area contributed by atoms with E-state index in [1.165, 1.54) is 4.31 Å². The van der Waals surface area contributed by atoms with Crippen molar-refractivity contribution in [3.63, 3.8) is 0 Å². The number of para-hydroxylation sites is 1. The molecule has 0 unspecified atom stereocenters. The van der Waals surface area contributed by atoms with Crippen LogP contribution >= 0.6 is 0 Å². The van der Waals surface area contributed by atoms with Gasteiger partial charge in [-0.15, -0.1) is 0 Å². The number of aliphatic hydroxyl groups is 1. The molecule has 0 aromatic heterocycles. The molecule has 5 nitrogen and oxygen atoms in total. The number of nitrogens with one attached hydrogen (secondary N) is 1. The Morgan fingerprint density at radius 1 is 1.37 bits per heavy atom. The van der Waals surface area contributed by atoms with E-state index in [9.17, 15) is 8.42 Å². The topological polar surface area (TPSA) is 69.6 Å². The van der Waals surface area contributed by atoms with Crippen LogP contribution in [0, 0.1) is 0 Å². The summed E-state index contributed by atoms with van der Waals surface area (Å²) < 4.78 is 26.9. The summed E-state index contributed by atoms with van der Waals surface area (Å²) in [5.74, 6) is 0. The molecule has 0 spiro atoms. The lowest BCUT2D eigenvalue weighted by Gasteiger charge is -2.36. The van der Waals surface area contributed by atoms with Gasteiger partial charge in [-0.05, 0) is 25.0 Å². The van der Waals surface area contributed by atoms with Gasteiger partial charge in [0.15, 0.2) is 0 Å². The molecule has 19 heavy (non-hydrogen) atoms. The molecule has 0 bridgehead atoms. The maximum atomic E-state index is 12.7. The Balaban J connectivity index is 2.38. The first kappa shape index (κ1) is 14.3. The van der Waals surface area contributed by atoms with Gasteiger partial charge in [0.05, 0.1) is 12.3 Å². The first-order valence-corrected chi connectivity index (χ1v) is 7.94. The summed E-state index contributed by atoms with van der Waals surface area (Å²) in [4.78, 5) is 0.276. The molecule has 0 radical (unpaired) electrons. The molecule has 2 N–H and O–H groups in total. The number of nitrogens with zero attached hydrogens (tertiary/aromatic N) is 1. The Bertz CT molecular complexity index is 526. The Hall–Kier alpha value is -1.11. The first-order chi connectivity index (χ1) is 9.11. The third-order valence-electron chi connectivity index (χ3n) is 3.55. The average molecular weight is 284 g/mol. The normalized spacial score (nSPS) is 16.4. The van der Waals surface area contributed by atoms with Crippen LogP contribution in [0.3, 0.4) is 0 Å². The Morgan fingerprint density at radius 2 is 2.05 bits per heavy atom. The fraction of sp³-hybridized carbons (Fsp3) is 0.538. The summed E-state index contributed by atoms with van der Waals surface area (Å²) in [5.41, 5.74) is 0.588. The quantitative estimate of drug-likeness (QED) is 0.825. The number of hydrogen-bond donors (Lipinski definition) is 2. The summed E-state index contributed by atoms with van der Waals surface area (Å²) >= 11 is 0. The fourth-order valence-corrected chi connectivity index (χ4v) is 4.17.